The number of hydrogen-bond donors (Lipinski definition) is 2. The molecule has 2 aromatic heterocycles. The van der Waals surface area contributed by atoms with Crippen molar-refractivity contribution in [2.75, 3.05) is 13.1 Å². The van der Waals surface area contributed by atoms with Crippen molar-refractivity contribution in [1.29, 1.82) is 0 Å². The summed E-state index contributed by atoms with van der Waals surface area (Å²) in [4.78, 5) is 57.1. The highest BCUT2D eigenvalue weighted by atomic mass is 35.5. The number of nitrogens with zero attached hydrogens (tertiary/aromatic N) is 5. The number of H-pyrrole nitrogens is 2. The molecule has 0 spiro atoms. The number of amides is 2. The minimum atomic E-state index is -0.627. The summed E-state index contributed by atoms with van der Waals surface area (Å²) in [5.41, 5.74) is 2.68. The topological polar surface area (TPSA) is 160 Å². The number of imidazole rings is 2. The molecule has 2 fully saturated rings. The number of nitro groups is 1. The number of aromatic amines is 2. The number of benzene rings is 2. The zero-order chi connectivity index (χ0) is 36.8. The van der Waals surface area contributed by atoms with Gasteiger partial charge in [-0.1, -0.05) is 35.9 Å². The van der Waals surface area contributed by atoms with Gasteiger partial charge in [0, 0.05) is 24.2 Å². The lowest BCUT2D eigenvalue weighted by Gasteiger charge is -2.27. The van der Waals surface area contributed by atoms with Crippen molar-refractivity contribution in [3.05, 3.63) is 75.1 Å². The zero-order valence-electron chi connectivity index (χ0n) is 30.0. The van der Waals surface area contributed by atoms with Crippen molar-refractivity contribution in [1.82, 2.24) is 29.7 Å². The average molecular weight is 718 g/mol. The Morgan fingerprint density at radius 1 is 0.843 bits per heavy atom. The second-order valence-corrected chi connectivity index (χ2v) is 15.5. The Kier molecular flexibility index (Phi) is 9.62. The van der Waals surface area contributed by atoms with Gasteiger partial charge >= 0.3 is 12.2 Å². The molecule has 2 aliphatic heterocycles. The third-order valence-electron chi connectivity index (χ3n) is 9.05. The van der Waals surface area contributed by atoms with Crippen molar-refractivity contribution in [2.24, 2.45) is 0 Å². The van der Waals surface area contributed by atoms with Crippen LogP contribution in [0, 0.1) is 17.0 Å². The number of nitro benzene ring substituents is 1. The van der Waals surface area contributed by atoms with Crippen LogP contribution >= 0.6 is 11.6 Å². The van der Waals surface area contributed by atoms with E-state index in [4.69, 9.17) is 21.1 Å². The van der Waals surface area contributed by atoms with Crippen LogP contribution in [0.5, 0.6) is 0 Å². The number of likely N-dealkylation sites (tertiary alicyclic amines) is 2. The highest BCUT2D eigenvalue weighted by Crippen LogP contribution is 2.44. The van der Waals surface area contributed by atoms with E-state index >= 15 is 0 Å². The first-order valence-electron chi connectivity index (χ1n) is 17.2. The Bertz CT molecular complexity index is 1960. The maximum absolute atomic E-state index is 12.9. The fourth-order valence-corrected chi connectivity index (χ4v) is 7.12. The molecule has 2 atom stereocenters. The maximum atomic E-state index is 12.9. The van der Waals surface area contributed by atoms with Gasteiger partial charge in [-0.05, 0) is 91.3 Å². The lowest BCUT2D eigenvalue weighted by molar-refractivity contribution is -0.384. The molecule has 0 saturated carbocycles. The predicted molar refractivity (Wildman–Crippen MR) is 193 cm³/mol. The largest absolute Gasteiger partial charge is 0.444 e. The van der Waals surface area contributed by atoms with E-state index in [1.165, 1.54) is 0 Å². The summed E-state index contributed by atoms with van der Waals surface area (Å²) < 4.78 is 11.2. The summed E-state index contributed by atoms with van der Waals surface area (Å²) in [5.74, 6) is 1.26. The summed E-state index contributed by atoms with van der Waals surface area (Å²) in [5, 5.41) is 12.8. The van der Waals surface area contributed by atoms with Gasteiger partial charge in [-0.2, -0.15) is 0 Å². The molecule has 13 nitrogen and oxygen atoms in total. The van der Waals surface area contributed by atoms with Gasteiger partial charge in [-0.3, -0.25) is 19.9 Å². The molecule has 2 saturated heterocycles. The summed E-state index contributed by atoms with van der Waals surface area (Å²) in [6.07, 6.45) is 5.72. The number of rotatable bonds is 6. The Morgan fingerprint density at radius 2 is 1.31 bits per heavy atom. The molecular weight excluding hydrogens is 674 g/mol. The molecular formula is C37H44ClN7O6. The Labute approximate surface area is 301 Å². The number of carbonyl (C=O) groups excluding carboxylic acids is 2. The molecule has 4 aromatic rings. The van der Waals surface area contributed by atoms with Gasteiger partial charge in [0.25, 0.3) is 5.69 Å². The third-order valence-corrected chi connectivity index (χ3v) is 9.35. The summed E-state index contributed by atoms with van der Waals surface area (Å²) in [7, 11) is 0. The highest BCUT2D eigenvalue weighted by molar-refractivity contribution is 6.34. The fraction of sp³-hybridized carbons (Fsp3) is 0.459. The first-order valence-corrected chi connectivity index (χ1v) is 17.6. The Morgan fingerprint density at radius 3 is 1.80 bits per heavy atom. The Hall–Kier alpha value is -4.91. The van der Waals surface area contributed by atoms with E-state index in [2.05, 4.69) is 19.9 Å². The van der Waals surface area contributed by atoms with Crippen LogP contribution in [0.3, 0.4) is 0 Å². The minimum absolute atomic E-state index is 0.107. The van der Waals surface area contributed by atoms with Crippen LogP contribution in [0.4, 0.5) is 15.3 Å². The van der Waals surface area contributed by atoms with Crippen LogP contribution < -0.4 is 0 Å². The minimum Gasteiger partial charge on any atom is -0.444 e. The molecule has 0 aliphatic carbocycles. The van der Waals surface area contributed by atoms with Crippen LogP contribution in [0.25, 0.3) is 33.6 Å². The van der Waals surface area contributed by atoms with Gasteiger partial charge < -0.3 is 19.4 Å². The monoisotopic (exact) mass is 717 g/mol. The molecule has 2 N–H and O–H groups in total. The normalized spacial score (nSPS) is 18.0. The molecule has 14 heteroatoms. The molecule has 270 valence electrons. The molecule has 2 amide bonds. The molecule has 2 aromatic carbocycles. The van der Waals surface area contributed by atoms with E-state index in [1.807, 2.05) is 53.7 Å². The molecule has 2 aliphatic rings. The number of ether oxygens (including phenoxy) is 2. The van der Waals surface area contributed by atoms with Crippen molar-refractivity contribution in [2.45, 2.75) is 97.4 Å². The van der Waals surface area contributed by atoms with Crippen molar-refractivity contribution in [3.63, 3.8) is 0 Å². The van der Waals surface area contributed by atoms with Gasteiger partial charge in [-0.25, -0.2) is 19.6 Å². The lowest BCUT2D eigenvalue weighted by Crippen LogP contribution is -2.36. The summed E-state index contributed by atoms with van der Waals surface area (Å²) >= 11 is 6.84. The smallest absolute Gasteiger partial charge is 0.410 e. The van der Waals surface area contributed by atoms with Crippen molar-refractivity contribution < 1.29 is 24.0 Å². The van der Waals surface area contributed by atoms with Crippen LogP contribution in [-0.2, 0) is 9.47 Å². The van der Waals surface area contributed by atoms with E-state index in [9.17, 15) is 19.7 Å². The van der Waals surface area contributed by atoms with Gasteiger partial charge in [0.2, 0.25) is 0 Å². The van der Waals surface area contributed by atoms with E-state index in [-0.39, 0.29) is 28.9 Å². The molecule has 4 heterocycles. The third kappa shape index (κ3) is 7.58. The fourth-order valence-electron chi connectivity index (χ4n) is 6.81. The van der Waals surface area contributed by atoms with Gasteiger partial charge in [-0.15, -0.1) is 0 Å². The van der Waals surface area contributed by atoms with Crippen LogP contribution in [0.15, 0.2) is 42.7 Å². The Balaban J connectivity index is 1.24. The van der Waals surface area contributed by atoms with E-state index in [0.717, 1.165) is 30.5 Å². The van der Waals surface area contributed by atoms with Crippen molar-refractivity contribution >= 4 is 29.5 Å². The quantitative estimate of drug-likeness (QED) is 0.147. The second kappa shape index (κ2) is 13.7. The molecule has 51 heavy (non-hydrogen) atoms. The summed E-state index contributed by atoms with van der Waals surface area (Å²) in [6.45, 7) is 13.9. The van der Waals surface area contributed by atoms with Crippen molar-refractivity contribution in [3.8, 4) is 33.6 Å². The first-order chi connectivity index (χ1) is 24.0. The average Bonchev–Trinajstić information content (AvgIpc) is 3.86. The van der Waals surface area contributed by atoms with E-state index in [1.54, 1.807) is 47.3 Å². The van der Waals surface area contributed by atoms with Gasteiger partial charge in [0.05, 0.1) is 51.4 Å². The van der Waals surface area contributed by atoms with Gasteiger partial charge in [0.15, 0.2) is 0 Å². The van der Waals surface area contributed by atoms with Crippen LogP contribution in [0.2, 0.25) is 5.02 Å². The highest BCUT2D eigenvalue weighted by Gasteiger charge is 2.36. The second-order valence-electron chi connectivity index (χ2n) is 15.1. The standard InChI is InChI=1S/C37H44ClN7O6/c1-21-24(27-20-40-33(42-27)29-11-9-17-44(29)35(47)51-37(5,6)7)18-25(38)30(31(21)45(48)49)23-14-12-22(13-15-23)26-19-39-32(41-26)28-10-8-16-43(28)34(46)50-36(2,3)4/h12-15,18-20,28-29H,8-11,16-17H2,1-7H3,(H,39,41)(H,40,42)/t28-,29-/m0/s1. The van der Waals surface area contributed by atoms with Gasteiger partial charge in [0.1, 0.15) is 22.9 Å². The van der Waals surface area contributed by atoms with Crippen LogP contribution in [-0.4, -0.2) is 71.1 Å². The molecule has 0 unspecified atom stereocenters. The lowest BCUT2D eigenvalue weighted by atomic mass is 9.95. The molecule has 0 radical (unpaired) electrons. The SMILES string of the molecule is Cc1c(-c2cnc([C@@H]3CCCN3C(=O)OC(C)(C)C)[nH]2)cc(Cl)c(-c2ccc(-c3cnc([C@@H]4CCCN4C(=O)OC(C)(C)C)[nH]3)cc2)c1[N+](=O)[O-]. The molecule has 6 rings (SSSR count). The van der Waals surface area contributed by atoms with Crippen LogP contribution in [0.1, 0.15) is 96.5 Å². The zero-order valence-corrected chi connectivity index (χ0v) is 30.8. The number of carbonyl (C=O) groups is 2. The van der Waals surface area contributed by atoms with E-state index < -0.39 is 22.2 Å². The number of hydrogen-bond acceptors (Lipinski definition) is 8. The van der Waals surface area contributed by atoms with E-state index in [0.29, 0.717) is 59.1 Å². The summed E-state index contributed by atoms with van der Waals surface area (Å²) in [6, 6.07) is 8.50. The number of nitrogens with one attached hydrogen (secondary N) is 2. The maximum Gasteiger partial charge on any atom is 0.410 e. The first kappa shape index (κ1) is 35.9. The predicted octanol–water partition coefficient (Wildman–Crippen LogP) is 9.15. The number of halogens is 1. The number of aromatic nitrogens is 4. The molecule has 0 bridgehead atoms.